The standard InChI is InChI=1S/C25H35N5O6/c1-16(31)29-21-14-17-8-10-19(11-9-17)36-13-4-3-7-20(24(34)35-2)30-23(33)18(15-22(21)32)6-5-12-28-25(26)27/h3-4,8-11,18,20-21H,5-7,12-15H2,1-2H3,(H,29,31)(H,30,33)(H4,26,27,28)/t18-,20+,21-/m1/s1. The van der Waals surface area contributed by atoms with Crippen LogP contribution in [0.1, 0.15) is 38.2 Å². The number of hydrogen-bond donors (Lipinski definition) is 4. The number of ketones is 1. The molecule has 11 heteroatoms. The Bertz CT molecular complexity index is 972. The fourth-order valence-electron chi connectivity index (χ4n) is 3.80. The zero-order valence-corrected chi connectivity index (χ0v) is 20.7. The number of rotatable bonds is 6. The van der Waals surface area contributed by atoms with E-state index in [-0.39, 0.29) is 50.1 Å². The average Bonchev–Trinajstić information content (AvgIpc) is 2.84. The number of carbonyl (C=O) groups is 4. The lowest BCUT2D eigenvalue weighted by molar-refractivity contribution is -0.145. The van der Waals surface area contributed by atoms with E-state index in [1.807, 2.05) is 12.1 Å². The summed E-state index contributed by atoms with van der Waals surface area (Å²) in [5.74, 6) is -1.93. The van der Waals surface area contributed by atoms with Crippen molar-refractivity contribution in [1.29, 1.82) is 0 Å². The molecule has 0 spiro atoms. The van der Waals surface area contributed by atoms with Crippen LogP contribution in [0.5, 0.6) is 5.75 Å². The normalized spacial score (nSPS) is 21.0. The quantitative estimate of drug-likeness (QED) is 0.142. The Morgan fingerprint density at radius 1 is 1.17 bits per heavy atom. The Balaban J connectivity index is 2.34. The maximum Gasteiger partial charge on any atom is 0.328 e. The molecule has 3 rings (SSSR count). The van der Waals surface area contributed by atoms with Crippen LogP contribution >= 0.6 is 0 Å². The first-order valence-corrected chi connectivity index (χ1v) is 11.8. The third-order valence-corrected chi connectivity index (χ3v) is 5.64. The number of aliphatic imine (C=N–C) groups is 1. The number of methoxy groups -OCH3 is 1. The van der Waals surface area contributed by atoms with Crippen molar-refractivity contribution < 1.29 is 28.7 Å². The third kappa shape index (κ3) is 9.77. The Labute approximate surface area is 210 Å². The fourth-order valence-corrected chi connectivity index (χ4v) is 3.80. The van der Waals surface area contributed by atoms with Gasteiger partial charge in [-0.05, 0) is 43.4 Å². The van der Waals surface area contributed by atoms with Crippen LogP contribution in [0.15, 0.2) is 41.4 Å². The first-order chi connectivity index (χ1) is 17.2. The van der Waals surface area contributed by atoms with Gasteiger partial charge < -0.3 is 31.6 Å². The molecule has 36 heavy (non-hydrogen) atoms. The highest BCUT2D eigenvalue weighted by molar-refractivity contribution is 5.93. The molecular formula is C25H35N5O6. The van der Waals surface area contributed by atoms with Crippen LogP contribution in [-0.4, -0.2) is 61.9 Å². The van der Waals surface area contributed by atoms with Crippen LogP contribution in [0.4, 0.5) is 0 Å². The van der Waals surface area contributed by atoms with Gasteiger partial charge in [-0.25, -0.2) is 4.79 Å². The molecule has 0 aromatic heterocycles. The van der Waals surface area contributed by atoms with Gasteiger partial charge in [-0.1, -0.05) is 24.3 Å². The summed E-state index contributed by atoms with van der Waals surface area (Å²) in [6, 6.07) is 5.46. The van der Waals surface area contributed by atoms with E-state index in [9.17, 15) is 19.2 Å². The highest BCUT2D eigenvalue weighted by atomic mass is 16.5. The summed E-state index contributed by atoms with van der Waals surface area (Å²) in [7, 11) is 1.24. The molecule has 0 saturated carbocycles. The summed E-state index contributed by atoms with van der Waals surface area (Å²) < 4.78 is 10.5. The summed E-state index contributed by atoms with van der Waals surface area (Å²) >= 11 is 0. The van der Waals surface area contributed by atoms with Gasteiger partial charge in [0.05, 0.1) is 13.2 Å². The Morgan fingerprint density at radius 3 is 2.53 bits per heavy atom. The molecule has 6 N–H and O–H groups in total. The van der Waals surface area contributed by atoms with Gasteiger partial charge in [-0.15, -0.1) is 0 Å². The minimum atomic E-state index is -0.935. The van der Waals surface area contributed by atoms with Crippen molar-refractivity contribution in [2.75, 3.05) is 20.3 Å². The molecule has 0 unspecified atom stereocenters. The molecule has 196 valence electrons. The van der Waals surface area contributed by atoms with Crippen LogP contribution in [0.2, 0.25) is 0 Å². The van der Waals surface area contributed by atoms with E-state index in [4.69, 9.17) is 20.9 Å². The minimum Gasteiger partial charge on any atom is -0.490 e. The van der Waals surface area contributed by atoms with Crippen LogP contribution in [-0.2, 0) is 30.3 Å². The van der Waals surface area contributed by atoms with Gasteiger partial charge in [-0.2, -0.15) is 0 Å². The monoisotopic (exact) mass is 501 g/mol. The summed E-state index contributed by atoms with van der Waals surface area (Å²) in [6.07, 6.45) is 4.51. The lowest BCUT2D eigenvalue weighted by Crippen LogP contribution is -2.46. The van der Waals surface area contributed by atoms with Gasteiger partial charge in [0.2, 0.25) is 11.8 Å². The van der Waals surface area contributed by atoms with Crippen molar-refractivity contribution in [1.82, 2.24) is 10.6 Å². The summed E-state index contributed by atoms with van der Waals surface area (Å²) in [5.41, 5.74) is 11.6. The van der Waals surface area contributed by atoms with Crippen molar-refractivity contribution >= 4 is 29.5 Å². The van der Waals surface area contributed by atoms with E-state index in [1.165, 1.54) is 14.0 Å². The Kier molecular flexibility index (Phi) is 11.4. The SMILES string of the molecule is COC(=O)[C@@H]1CC=CCOc2ccc(cc2)C[C@@H](NC(C)=O)C(=O)C[C@@H](CCCN=C(N)N)C(=O)N1. The molecular weight excluding hydrogens is 466 g/mol. The van der Waals surface area contributed by atoms with E-state index >= 15 is 0 Å². The molecule has 2 heterocycles. The highest BCUT2D eigenvalue weighted by Crippen LogP contribution is 2.18. The number of hydrogen-bond acceptors (Lipinski definition) is 7. The van der Waals surface area contributed by atoms with E-state index in [1.54, 1.807) is 24.3 Å². The van der Waals surface area contributed by atoms with E-state index in [0.29, 0.717) is 18.6 Å². The second-order valence-corrected chi connectivity index (χ2v) is 8.52. The number of Topliss-reactive ketones (excluding diaryl/α,β-unsaturated/α-hetero) is 1. The Morgan fingerprint density at radius 2 is 1.89 bits per heavy atom. The van der Waals surface area contributed by atoms with Crippen LogP contribution in [0.25, 0.3) is 0 Å². The molecule has 1 aromatic rings. The van der Waals surface area contributed by atoms with Gasteiger partial charge >= 0.3 is 5.97 Å². The number of nitrogens with zero attached hydrogens (tertiary/aromatic N) is 1. The number of carbonyl (C=O) groups excluding carboxylic acids is 4. The minimum absolute atomic E-state index is 0.0669. The summed E-state index contributed by atoms with van der Waals surface area (Å²) in [4.78, 5) is 54.5. The number of benzene rings is 1. The summed E-state index contributed by atoms with van der Waals surface area (Å²) in [6.45, 7) is 1.88. The van der Waals surface area contributed by atoms with E-state index in [0.717, 1.165) is 5.56 Å². The molecule has 2 aliphatic heterocycles. The molecule has 3 atom stereocenters. The molecule has 0 saturated heterocycles. The van der Waals surface area contributed by atoms with Gasteiger partial charge in [0.15, 0.2) is 11.7 Å². The van der Waals surface area contributed by atoms with Crippen LogP contribution < -0.4 is 26.8 Å². The zero-order chi connectivity index (χ0) is 26.5. The second-order valence-electron chi connectivity index (χ2n) is 8.52. The van der Waals surface area contributed by atoms with Crippen molar-refractivity contribution in [2.24, 2.45) is 22.4 Å². The predicted molar refractivity (Wildman–Crippen MR) is 134 cm³/mol. The first kappa shape index (κ1) is 28.3. The predicted octanol–water partition coefficient (Wildman–Crippen LogP) is 0.359. The number of fused-ring (bicyclic) bond motifs is 13. The number of ether oxygens (including phenoxy) is 2. The molecule has 2 aliphatic rings. The maximum atomic E-state index is 13.3. The third-order valence-electron chi connectivity index (χ3n) is 5.64. The smallest absolute Gasteiger partial charge is 0.328 e. The average molecular weight is 502 g/mol. The lowest BCUT2D eigenvalue weighted by Gasteiger charge is -2.23. The highest BCUT2D eigenvalue weighted by Gasteiger charge is 2.30. The lowest BCUT2D eigenvalue weighted by atomic mass is 9.90. The topological polar surface area (TPSA) is 175 Å². The van der Waals surface area contributed by atoms with Gasteiger partial charge in [0, 0.05) is 25.8 Å². The largest absolute Gasteiger partial charge is 0.490 e. The fraction of sp³-hybridized carbons (Fsp3) is 0.480. The number of amides is 2. The molecule has 0 aliphatic carbocycles. The summed E-state index contributed by atoms with van der Waals surface area (Å²) in [5, 5.41) is 5.40. The van der Waals surface area contributed by atoms with E-state index < -0.39 is 29.9 Å². The molecule has 0 fully saturated rings. The van der Waals surface area contributed by atoms with Gasteiger partial charge in [0.1, 0.15) is 18.4 Å². The van der Waals surface area contributed by atoms with Crippen molar-refractivity contribution in [2.45, 2.75) is 51.1 Å². The number of esters is 1. The zero-order valence-electron chi connectivity index (χ0n) is 20.7. The van der Waals surface area contributed by atoms with Crippen LogP contribution in [0.3, 0.4) is 0 Å². The Hall–Kier alpha value is -3.89. The second kappa shape index (κ2) is 14.5. The first-order valence-electron chi connectivity index (χ1n) is 11.8. The van der Waals surface area contributed by atoms with Crippen molar-refractivity contribution in [3.05, 3.63) is 42.0 Å². The number of guanidine groups is 1. The van der Waals surface area contributed by atoms with E-state index in [2.05, 4.69) is 15.6 Å². The maximum absolute atomic E-state index is 13.3. The van der Waals surface area contributed by atoms with Gasteiger partial charge in [-0.3, -0.25) is 19.4 Å². The van der Waals surface area contributed by atoms with Crippen molar-refractivity contribution in [3.8, 4) is 5.75 Å². The van der Waals surface area contributed by atoms with Crippen LogP contribution in [0, 0.1) is 5.92 Å². The number of nitrogens with one attached hydrogen (secondary N) is 2. The van der Waals surface area contributed by atoms with Gasteiger partial charge in [0.25, 0.3) is 0 Å². The molecule has 0 radical (unpaired) electrons. The molecule has 2 amide bonds. The molecule has 11 nitrogen and oxygen atoms in total. The number of nitrogens with two attached hydrogens (primary N) is 2. The van der Waals surface area contributed by atoms with Crippen molar-refractivity contribution in [3.63, 3.8) is 0 Å². The molecule has 2 bridgehead atoms. The molecule has 1 aromatic carbocycles.